The largest absolute Gasteiger partial charge is 0.477 e. The second-order valence-corrected chi connectivity index (χ2v) is 5.22. The fourth-order valence-electron chi connectivity index (χ4n) is 1.80. The average molecular weight is 275 g/mol. The number of amides is 1. The highest BCUT2D eigenvalue weighted by atomic mass is 32.1. The molecule has 0 aliphatic heterocycles. The summed E-state index contributed by atoms with van der Waals surface area (Å²) in [5, 5.41) is 12.5. The maximum Gasteiger partial charge on any atom is 0.352 e. The van der Waals surface area contributed by atoms with Crippen molar-refractivity contribution < 1.29 is 14.7 Å². The maximum atomic E-state index is 11.1. The molecule has 19 heavy (non-hydrogen) atoms. The number of nitrogens with one attached hydrogen (secondary N) is 1. The Morgan fingerprint density at radius 3 is 2.58 bits per heavy atom. The Morgan fingerprint density at radius 2 is 2.00 bits per heavy atom. The fraction of sp³-hybridized carbons (Fsp3) is 0.143. The van der Waals surface area contributed by atoms with E-state index in [1.807, 2.05) is 31.2 Å². The summed E-state index contributed by atoms with van der Waals surface area (Å²) in [5.74, 6) is -1.54. The first kappa shape index (κ1) is 13.3. The number of hydrogen-bond donors (Lipinski definition) is 2. The number of benzene rings is 1. The van der Waals surface area contributed by atoms with Gasteiger partial charge in [-0.1, -0.05) is 18.2 Å². The molecule has 0 bridgehead atoms. The molecule has 0 spiro atoms. The average Bonchev–Trinajstić information content (AvgIpc) is 2.65. The highest BCUT2D eigenvalue weighted by Crippen LogP contribution is 2.31. The van der Waals surface area contributed by atoms with E-state index in [1.165, 1.54) is 24.3 Å². The molecule has 0 saturated carbocycles. The molecule has 0 radical (unpaired) electrons. The quantitative estimate of drug-likeness (QED) is 0.846. The standard InChI is InChI=1S/C14H13NO3S/c1-8-10-5-3-4-6-12(10)19-13(8)7-11(14(17)18)15-9(2)16/h3-7H,1-2H3,(H,15,16)(H,17,18). The molecule has 4 nitrogen and oxygen atoms in total. The van der Waals surface area contributed by atoms with E-state index >= 15 is 0 Å². The van der Waals surface area contributed by atoms with Crippen molar-refractivity contribution >= 4 is 39.4 Å². The van der Waals surface area contributed by atoms with Crippen LogP contribution in [0.15, 0.2) is 30.0 Å². The van der Waals surface area contributed by atoms with Crippen molar-refractivity contribution in [1.29, 1.82) is 0 Å². The predicted molar refractivity (Wildman–Crippen MR) is 76.0 cm³/mol. The zero-order valence-corrected chi connectivity index (χ0v) is 11.4. The van der Waals surface area contributed by atoms with Gasteiger partial charge in [-0.3, -0.25) is 4.79 Å². The van der Waals surface area contributed by atoms with Gasteiger partial charge in [0.25, 0.3) is 0 Å². The van der Waals surface area contributed by atoms with E-state index in [9.17, 15) is 9.59 Å². The van der Waals surface area contributed by atoms with Crippen LogP contribution in [0.5, 0.6) is 0 Å². The van der Waals surface area contributed by atoms with Gasteiger partial charge in [0.15, 0.2) is 0 Å². The molecule has 0 saturated heterocycles. The summed E-state index contributed by atoms with van der Waals surface area (Å²) in [6, 6.07) is 7.87. The van der Waals surface area contributed by atoms with Gasteiger partial charge in [0.1, 0.15) is 5.70 Å². The summed E-state index contributed by atoms with van der Waals surface area (Å²) in [5.41, 5.74) is 0.909. The summed E-state index contributed by atoms with van der Waals surface area (Å²) in [6.07, 6.45) is 1.50. The number of fused-ring (bicyclic) bond motifs is 1. The molecule has 1 aromatic heterocycles. The first-order valence-corrected chi connectivity index (χ1v) is 6.51. The van der Waals surface area contributed by atoms with Crippen LogP contribution in [0.3, 0.4) is 0 Å². The smallest absolute Gasteiger partial charge is 0.352 e. The van der Waals surface area contributed by atoms with Crippen LogP contribution < -0.4 is 5.32 Å². The Morgan fingerprint density at radius 1 is 1.32 bits per heavy atom. The molecule has 98 valence electrons. The summed E-state index contributed by atoms with van der Waals surface area (Å²) in [4.78, 5) is 22.9. The summed E-state index contributed by atoms with van der Waals surface area (Å²) in [7, 11) is 0. The molecule has 2 aromatic rings. The zero-order chi connectivity index (χ0) is 14.0. The van der Waals surface area contributed by atoms with E-state index in [0.717, 1.165) is 20.5 Å². The molecule has 1 aromatic carbocycles. The molecule has 2 N–H and O–H groups in total. The first-order valence-electron chi connectivity index (χ1n) is 5.69. The molecule has 0 aliphatic carbocycles. The lowest BCUT2D eigenvalue weighted by Gasteiger charge is -2.02. The van der Waals surface area contributed by atoms with Gasteiger partial charge in [0.2, 0.25) is 5.91 Å². The molecular formula is C14H13NO3S. The van der Waals surface area contributed by atoms with Crippen molar-refractivity contribution in [2.24, 2.45) is 0 Å². The molecule has 0 aliphatic rings. The first-order chi connectivity index (χ1) is 8.99. The number of carbonyl (C=O) groups excluding carboxylic acids is 1. The van der Waals surface area contributed by atoms with Crippen molar-refractivity contribution in [2.45, 2.75) is 13.8 Å². The Labute approximate surface area is 114 Å². The van der Waals surface area contributed by atoms with Crippen LogP contribution >= 0.6 is 11.3 Å². The van der Waals surface area contributed by atoms with Gasteiger partial charge >= 0.3 is 5.97 Å². The third kappa shape index (κ3) is 2.82. The van der Waals surface area contributed by atoms with E-state index in [-0.39, 0.29) is 5.70 Å². The van der Waals surface area contributed by atoms with Crippen molar-refractivity contribution in [1.82, 2.24) is 5.32 Å². The Bertz CT molecular complexity index is 685. The Kier molecular flexibility index (Phi) is 3.66. The van der Waals surface area contributed by atoms with Gasteiger partial charge in [0.05, 0.1) is 0 Å². The van der Waals surface area contributed by atoms with Crippen LogP contribution in [0, 0.1) is 6.92 Å². The molecular weight excluding hydrogens is 262 g/mol. The lowest BCUT2D eigenvalue weighted by atomic mass is 10.1. The van der Waals surface area contributed by atoms with Gasteiger partial charge in [0, 0.05) is 16.5 Å². The number of carboxylic acids is 1. The molecule has 0 fully saturated rings. The van der Waals surface area contributed by atoms with Crippen LogP contribution in [0.25, 0.3) is 16.2 Å². The molecule has 0 atom stereocenters. The summed E-state index contributed by atoms with van der Waals surface area (Å²) in [6.45, 7) is 3.23. The fourth-order valence-corrected chi connectivity index (χ4v) is 2.96. The zero-order valence-electron chi connectivity index (χ0n) is 10.6. The molecule has 0 unspecified atom stereocenters. The highest BCUT2D eigenvalue weighted by Gasteiger charge is 2.12. The topological polar surface area (TPSA) is 66.4 Å². The minimum absolute atomic E-state index is 0.109. The minimum atomic E-state index is -1.15. The molecule has 1 heterocycles. The van der Waals surface area contributed by atoms with Gasteiger partial charge in [-0.05, 0) is 30.0 Å². The summed E-state index contributed by atoms with van der Waals surface area (Å²) < 4.78 is 1.10. The van der Waals surface area contributed by atoms with Crippen LogP contribution in [0.4, 0.5) is 0 Å². The highest BCUT2D eigenvalue weighted by molar-refractivity contribution is 7.20. The monoisotopic (exact) mass is 275 g/mol. The van der Waals surface area contributed by atoms with Gasteiger partial charge < -0.3 is 10.4 Å². The van der Waals surface area contributed by atoms with Crippen LogP contribution in [-0.4, -0.2) is 17.0 Å². The SMILES string of the molecule is CC(=O)NC(=Cc1sc2ccccc2c1C)C(=O)O. The number of aryl methyl sites for hydroxylation is 1. The number of rotatable bonds is 3. The van der Waals surface area contributed by atoms with E-state index in [4.69, 9.17) is 5.11 Å². The van der Waals surface area contributed by atoms with E-state index in [2.05, 4.69) is 5.32 Å². The van der Waals surface area contributed by atoms with E-state index < -0.39 is 11.9 Å². The third-order valence-corrected chi connectivity index (χ3v) is 3.92. The third-order valence-electron chi connectivity index (χ3n) is 2.70. The molecule has 2 rings (SSSR count). The number of carbonyl (C=O) groups is 2. The lowest BCUT2D eigenvalue weighted by molar-refractivity contribution is -0.134. The minimum Gasteiger partial charge on any atom is -0.477 e. The Balaban J connectivity index is 2.51. The summed E-state index contributed by atoms with van der Waals surface area (Å²) >= 11 is 1.51. The van der Waals surface area contributed by atoms with Gasteiger partial charge in [-0.2, -0.15) is 0 Å². The number of aliphatic carboxylic acids is 1. The van der Waals surface area contributed by atoms with Gasteiger partial charge in [-0.25, -0.2) is 4.79 Å². The van der Waals surface area contributed by atoms with Crippen molar-refractivity contribution in [3.63, 3.8) is 0 Å². The normalized spacial score (nSPS) is 11.6. The van der Waals surface area contributed by atoms with Crippen LogP contribution in [0.2, 0.25) is 0 Å². The Hall–Kier alpha value is -2.14. The maximum absolute atomic E-state index is 11.1. The van der Waals surface area contributed by atoms with Gasteiger partial charge in [-0.15, -0.1) is 11.3 Å². The predicted octanol–water partition coefficient (Wildman–Crippen LogP) is 2.77. The second kappa shape index (κ2) is 5.24. The molecule has 1 amide bonds. The van der Waals surface area contributed by atoms with E-state index in [1.54, 1.807) is 0 Å². The van der Waals surface area contributed by atoms with Crippen molar-refractivity contribution in [3.8, 4) is 0 Å². The van der Waals surface area contributed by atoms with Crippen LogP contribution in [-0.2, 0) is 9.59 Å². The number of thiophene rings is 1. The second-order valence-electron chi connectivity index (χ2n) is 4.13. The van der Waals surface area contributed by atoms with Crippen molar-refractivity contribution in [3.05, 3.63) is 40.4 Å². The number of hydrogen-bond acceptors (Lipinski definition) is 3. The van der Waals surface area contributed by atoms with Crippen LogP contribution in [0.1, 0.15) is 17.4 Å². The lowest BCUT2D eigenvalue weighted by Crippen LogP contribution is -2.24. The van der Waals surface area contributed by atoms with E-state index in [0.29, 0.717) is 0 Å². The number of carboxylic acid groups (broad SMARTS) is 1. The van der Waals surface area contributed by atoms with Crippen molar-refractivity contribution in [2.75, 3.05) is 0 Å². The molecule has 5 heteroatoms.